The molecular formula is C17H15BrN2O. The third-order valence-corrected chi connectivity index (χ3v) is 4.13. The molecule has 1 amide bonds. The van der Waals surface area contributed by atoms with Crippen LogP contribution in [0.25, 0.3) is 10.9 Å². The molecule has 4 heteroatoms. The van der Waals surface area contributed by atoms with Crippen molar-refractivity contribution in [2.45, 2.75) is 13.8 Å². The Hall–Kier alpha value is -2.07. The van der Waals surface area contributed by atoms with Gasteiger partial charge in [-0.05, 0) is 53.0 Å². The monoisotopic (exact) mass is 342 g/mol. The van der Waals surface area contributed by atoms with E-state index in [1.165, 1.54) is 0 Å². The molecule has 0 saturated carbocycles. The molecule has 3 aromatic rings. The summed E-state index contributed by atoms with van der Waals surface area (Å²) in [5.41, 5.74) is 4.62. The minimum atomic E-state index is -0.111. The molecule has 0 aliphatic rings. The van der Waals surface area contributed by atoms with Gasteiger partial charge in [0, 0.05) is 21.6 Å². The summed E-state index contributed by atoms with van der Waals surface area (Å²) in [5, 5.41) is 3.92. The van der Waals surface area contributed by atoms with Crippen LogP contribution in [0.5, 0.6) is 0 Å². The lowest BCUT2D eigenvalue weighted by atomic mass is 10.1. The summed E-state index contributed by atoms with van der Waals surface area (Å²) < 4.78 is 0.896. The Labute approximate surface area is 131 Å². The molecule has 0 aliphatic carbocycles. The van der Waals surface area contributed by atoms with Crippen molar-refractivity contribution >= 4 is 38.4 Å². The highest BCUT2D eigenvalue weighted by atomic mass is 79.9. The highest BCUT2D eigenvalue weighted by Gasteiger charge is 2.14. The molecule has 2 aromatic carbocycles. The smallest absolute Gasteiger partial charge is 0.257 e. The summed E-state index contributed by atoms with van der Waals surface area (Å²) in [6.45, 7) is 4.02. The fourth-order valence-corrected chi connectivity index (χ4v) is 3.29. The van der Waals surface area contributed by atoms with Gasteiger partial charge in [-0.3, -0.25) is 4.79 Å². The number of amides is 1. The number of carbonyl (C=O) groups is 1. The molecule has 0 unspecified atom stereocenters. The second-order valence-corrected chi connectivity index (χ2v) is 6.00. The summed E-state index contributed by atoms with van der Waals surface area (Å²) in [6, 6.07) is 11.8. The first-order valence-electron chi connectivity index (χ1n) is 6.70. The van der Waals surface area contributed by atoms with Gasteiger partial charge >= 0.3 is 0 Å². The predicted molar refractivity (Wildman–Crippen MR) is 89.9 cm³/mol. The number of hydrogen-bond donors (Lipinski definition) is 2. The van der Waals surface area contributed by atoms with Crippen LogP contribution >= 0.6 is 15.9 Å². The summed E-state index contributed by atoms with van der Waals surface area (Å²) in [4.78, 5) is 15.6. The molecule has 0 spiro atoms. The normalized spacial score (nSPS) is 10.8. The molecule has 0 saturated heterocycles. The first-order chi connectivity index (χ1) is 10.1. The maximum Gasteiger partial charge on any atom is 0.257 e. The first-order valence-corrected chi connectivity index (χ1v) is 7.50. The van der Waals surface area contributed by atoms with Gasteiger partial charge in [0.2, 0.25) is 0 Å². The van der Waals surface area contributed by atoms with Crippen molar-refractivity contribution in [2.24, 2.45) is 0 Å². The SMILES string of the molecule is Cc1cc(C)c(NC(=O)c2c[nH]c3ccccc23)c(Br)c1. The van der Waals surface area contributed by atoms with E-state index in [1.54, 1.807) is 6.20 Å². The maximum absolute atomic E-state index is 12.5. The van der Waals surface area contributed by atoms with Crippen molar-refractivity contribution in [3.8, 4) is 0 Å². The van der Waals surface area contributed by atoms with Gasteiger partial charge in [0.05, 0.1) is 11.3 Å². The van der Waals surface area contributed by atoms with E-state index in [4.69, 9.17) is 0 Å². The van der Waals surface area contributed by atoms with E-state index in [1.807, 2.05) is 44.2 Å². The van der Waals surface area contributed by atoms with Crippen LogP contribution in [0.15, 0.2) is 47.1 Å². The van der Waals surface area contributed by atoms with Crippen LogP contribution in [-0.2, 0) is 0 Å². The van der Waals surface area contributed by atoms with E-state index in [0.29, 0.717) is 5.56 Å². The number of benzene rings is 2. The Balaban J connectivity index is 1.97. The number of hydrogen-bond acceptors (Lipinski definition) is 1. The van der Waals surface area contributed by atoms with Gasteiger partial charge in [0.1, 0.15) is 0 Å². The molecule has 0 atom stereocenters. The molecule has 1 heterocycles. The number of fused-ring (bicyclic) bond motifs is 1. The van der Waals surface area contributed by atoms with Crippen LogP contribution in [0.4, 0.5) is 5.69 Å². The quantitative estimate of drug-likeness (QED) is 0.690. The Morgan fingerprint density at radius 3 is 2.71 bits per heavy atom. The van der Waals surface area contributed by atoms with E-state index in [0.717, 1.165) is 32.2 Å². The summed E-state index contributed by atoms with van der Waals surface area (Å²) >= 11 is 3.52. The van der Waals surface area contributed by atoms with Crippen molar-refractivity contribution in [2.75, 3.05) is 5.32 Å². The largest absolute Gasteiger partial charge is 0.360 e. The molecule has 3 rings (SSSR count). The lowest BCUT2D eigenvalue weighted by Crippen LogP contribution is -2.13. The first kappa shape index (κ1) is 13.9. The lowest BCUT2D eigenvalue weighted by molar-refractivity contribution is 0.102. The van der Waals surface area contributed by atoms with E-state index in [9.17, 15) is 4.79 Å². The predicted octanol–water partition coefficient (Wildman–Crippen LogP) is 4.80. The summed E-state index contributed by atoms with van der Waals surface area (Å²) in [6.07, 6.45) is 1.75. The maximum atomic E-state index is 12.5. The number of nitrogens with one attached hydrogen (secondary N) is 2. The Morgan fingerprint density at radius 2 is 1.95 bits per heavy atom. The molecule has 2 N–H and O–H groups in total. The van der Waals surface area contributed by atoms with Crippen molar-refractivity contribution in [1.82, 2.24) is 4.98 Å². The number of para-hydroxylation sites is 1. The molecule has 1 aromatic heterocycles. The van der Waals surface area contributed by atoms with Gasteiger partial charge < -0.3 is 10.3 Å². The number of H-pyrrole nitrogens is 1. The topological polar surface area (TPSA) is 44.9 Å². The average Bonchev–Trinajstić information content (AvgIpc) is 2.86. The number of aryl methyl sites for hydroxylation is 2. The van der Waals surface area contributed by atoms with Gasteiger partial charge in [0.15, 0.2) is 0 Å². The number of halogens is 1. The second-order valence-electron chi connectivity index (χ2n) is 5.14. The van der Waals surface area contributed by atoms with Gasteiger partial charge in [-0.25, -0.2) is 0 Å². The lowest BCUT2D eigenvalue weighted by Gasteiger charge is -2.11. The molecule has 106 valence electrons. The standard InChI is InChI=1S/C17H15BrN2O/c1-10-7-11(2)16(14(18)8-10)20-17(21)13-9-19-15-6-4-3-5-12(13)15/h3-9,19H,1-2H3,(H,20,21). The van der Waals surface area contributed by atoms with E-state index < -0.39 is 0 Å². The third kappa shape index (κ3) is 2.59. The van der Waals surface area contributed by atoms with Crippen LogP contribution < -0.4 is 5.32 Å². The van der Waals surface area contributed by atoms with E-state index >= 15 is 0 Å². The molecule has 0 fully saturated rings. The highest BCUT2D eigenvalue weighted by Crippen LogP contribution is 2.29. The minimum absolute atomic E-state index is 0.111. The van der Waals surface area contributed by atoms with E-state index in [2.05, 4.69) is 32.3 Å². The van der Waals surface area contributed by atoms with Gasteiger partial charge in [-0.15, -0.1) is 0 Å². The van der Waals surface area contributed by atoms with Gasteiger partial charge in [0.25, 0.3) is 5.91 Å². The van der Waals surface area contributed by atoms with Crippen LogP contribution in [0, 0.1) is 13.8 Å². The van der Waals surface area contributed by atoms with Crippen LogP contribution in [0.1, 0.15) is 21.5 Å². The zero-order valence-electron chi connectivity index (χ0n) is 11.8. The fourth-order valence-electron chi connectivity index (χ4n) is 2.51. The summed E-state index contributed by atoms with van der Waals surface area (Å²) in [7, 11) is 0. The molecule has 0 radical (unpaired) electrons. The van der Waals surface area contributed by atoms with Crippen molar-refractivity contribution in [3.05, 3.63) is 63.8 Å². The van der Waals surface area contributed by atoms with Gasteiger partial charge in [-0.1, -0.05) is 24.3 Å². The molecule has 21 heavy (non-hydrogen) atoms. The van der Waals surface area contributed by atoms with Crippen LogP contribution in [0.2, 0.25) is 0 Å². The van der Waals surface area contributed by atoms with Crippen molar-refractivity contribution < 1.29 is 4.79 Å². The van der Waals surface area contributed by atoms with Gasteiger partial charge in [-0.2, -0.15) is 0 Å². The number of aromatic amines is 1. The number of rotatable bonds is 2. The second kappa shape index (κ2) is 5.37. The number of carbonyl (C=O) groups excluding carboxylic acids is 1. The van der Waals surface area contributed by atoms with Crippen LogP contribution in [0.3, 0.4) is 0 Å². The highest BCUT2D eigenvalue weighted by molar-refractivity contribution is 9.10. The molecular weight excluding hydrogens is 328 g/mol. The Morgan fingerprint density at radius 1 is 1.19 bits per heavy atom. The Kier molecular flexibility index (Phi) is 3.55. The molecule has 0 aliphatic heterocycles. The molecule has 0 bridgehead atoms. The van der Waals surface area contributed by atoms with E-state index in [-0.39, 0.29) is 5.91 Å². The number of aromatic nitrogens is 1. The average molecular weight is 343 g/mol. The van der Waals surface area contributed by atoms with Crippen molar-refractivity contribution in [1.29, 1.82) is 0 Å². The summed E-state index contributed by atoms with van der Waals surface area (Å²) in [5.74, 6) is -0.111. The van der Waals surface area contributed by atoms with Crippen LogP contribution in [-0.4, -0.2) is 10.9 Å². The Bertz CT molecular complexity index is 813. The fraction of sp³-hybridized carbons (Fsp3) is 0.118. The zero-order valence-corrected chi connectivity index (χ0v) is 13.4. The zero-order chi connectivity index (χ0) is 15.0. The number of anilines is 1. The van der Waals surface area contributed by atoms with Crippen molar-refractivity contribution in [3.63, 3.8) is 0 Å². The minimum Gasteiger partial charge on any atom is -0.360 e. The molecule has 3 nitrogen and oxygen atoms in total. The third-order valence-electron chi connectivity index (χ3n) is 3.50.